The van der Waals surface area contributed by atoms with Crippen molar-refractivity contribution in [3.8, 4) is 11.5 Å². The highest BCUT2D eigenvalue weighted by Crippen LogP contribution is 2.36. The maximum Gasteiger partial charge on any atom is 0.129 e. The number of nitrogens with zero attached hydrogens (tertiary/aromatic N) is 3. The molecule has 1 aliphatic rings. The number of halogens is 1. The van der Waals surface area contributed by atoms with Crippen LogP contribution < -0.4 is 9.47 Å². The van der Waals surface area contributed by atoms with E-state index < -0.39 is 0 Å². The highest BCUT2D eigenvalue weighted by molar-refractivity contribution is 6.29. The molecule has 1 N–H and O–H groups in total. The molecule has 0 amide bonds. The number of ether oxygens (including phenoxy) is 2. The molecule has 0 saturated carbocycles. The van der Waals surface area contributed by atoms with Gasteiger partial charge in [-0.1, -0.05) is 17.7 Å². The van der Waals surface area contributed by atoms with E-state index in [1.165, 1.54) is 5.69 Å². The van der Waals surface area contributed by atoms with E-state index in [1.54, 1.807) is 20.5 Å². The standard InChI is InChI=1S/C20H21ClN4O2/c1-26-15-4-5-17(27-2)14(9-15)11-25-8-7-16-19(24-12-23-16)20(25)13-3-6-18(21)22-10-13/h3-6,9-10,12,20H,7-8,11H2,1-2H3,(H,23,24)/t20-/m0/s1. The Kier molecular flexibility index (Phi) is 5.01. The first-order valence-corrected chi connectivity index (χ1v) is 9.16. The van der Waals surface area contributed by atoms with Gasteiger partial charge in [-0.15, -0.1) is 0 Å². The topological polar surface area (TPSA) is 63.3 Å². The molecule has 7 heteroatoms. The van der Waals surface area contributed by atoms with Crippen LogP contribution in [0.5, 0.6) is 11.5 Å². The van der Waals surface area contributed by atoms with Crippen molar-refractivity contribution >= 4 is 11.6 Å². The van der Waals surface area contributed by atoms with E-state index in [4.69, 9.17) is 21.1 Å². The van der Waals surface area contributed by atoms with E-state index in [-0.39, 0.29) is 6.04 Å². The number of hydrogen-bond donors (Lipinski definition) is 1. The monoisotopic (exact) mass is 384 g/mol. The van der Waals surface area contributed by atoms with Crippen molar-refractivity contribution in [3.05, 3.63) is 70.5 Å². The van der Waals surface area contributed by atoms with Crippen molar-refractivity contribution in [1.82, 2.24) is 19.9 Å². The number of aromatic nitrogens is 3. The first kappa shape index (κ1) is 17.8. The van der Waals surface area contributed by atoms with Crippen LogP contribution >= 0.6 is 11.6 Å². The Morgan fingerprint density at radius 3 is 2.81 bits per heavy atom. The Hall–Kier alpha value is -2.57. The normalized spacial score (nSPS) is 16.8. The van der Waals surface area contributed by atoms with E-state index in [0.29, 0.717) is 11.7 Å². The van der Waals surface area contributed by atoms with Gasteiger partial charge in [-0.3, -0.25) is 4.90 Å². The average Bonchev–Trinajstić information content (AvgIpc) is 3.17. The molecule has 0 radical (unpaired) electrons. The summed E-state index contributed by atoms with van der Waals surface area (Å²) in [6.07, 6.45) is 4.50. The Bertz CT molecular complexity index is 926. The predicted octanol–water partition coefficient (Wildman–Crippen LogP) is 3.62. The largest absolute Gasteiger partial charge is 0.497 e. The zero-order chi connectivity index (χ0) is 18.8. The summed E-state index contributed by atoms with van der Waals surface area (Å²) in [4.78, 5) is 14.5. The second-order valence-corrected chi connectivity index (χ2v) is 6.87. The highest BCUT2D eigenvalue weighted by atomic mass is 35.5. The number of fused-ring (bicyclic) bond motifs is 1. The van der Waals surface area contributed by atoms with Crippen LogP contribution in [-0.2, 0) is 13.0 Å². The number of nitrogens with one attached hydrogen (secondary N) is 1. The third kappa shape index (κ3) is 3.50. The molecule has 27 heavy (non-hydrogen) atoms. The molecule has 0 bridgehead atoms. The SMILES string of the molecule is COc1ccc(OC)c(CN2CCc3[nH]cnc3[C@@H]2c2ccc(Cl)nc2)c1. The summed E-state index contributed by atoms with van der Waals surface area (Å²) in [5.41, 5.74) is 4.34. The number of imidazole rings is 1. The Labute approximate surface area is 163 Å². The maximum absolute atomic E-state index is 5.99. The Morgan fingerprint density at radius 1 is 1.19 bits per heavy atom. The van der Waals surface area contributed by atoms with Crippen LogP contribution in [0.3, 0.4) is 0 Å². The second-order valence-electron chi connectivity index (χ2n) is 6.48. The number of benzene rings is 1. The fraction of sp³-hybridized carbons (Fsp3) is 0.300. The van der Waals surface area contributed by atoms with Crippen molar-refractivity contribution in [3.63, 3.8) is 0 Å². The molecule has 0 fully saturated rings. The fourth-order valence-electron chi connectivity index (χ4n) is 3.64. The van der Waals surface area contributed by atoms with Crippen LogP contribution in [0.4, 0.5) is 0 Å². The first-order valence-electron chi connectivity index (χ1n) is 8.78. The van der Waals surface area contributed by atoms with Gasteiger partial charge in [0, 0.05) is 37.0 Å². The zero-order valence-corrected chi connectivity index (χ0v) is 16.0. The van der Waals surface area contributed by atoms with Crippen molar-refractivity contribution in [2.75, 3.05) is 20.8 Å². The number of pyridine rings is 1. The fourth-order valence-corrected chi connectivity index (χ4v) is 3.75. The van der Waals surface area contributed by atoms with Gasteiger partial charge in [-0.05, 0) is 29.8 Å². The highest BCUT2D eigenvalue weighted by Gasteiger charge is 2.31. The molecule has 0 spiro atoms. The summed E-state index contributed by atoms with van der Waals surface area (Å²) in [6, 6.07) is 9.71. The second kappa shape index (κ2) is 7.58. The minimum atomic E-state index is 0.000624. The first-order chi connectivity index (χ1) is 13.2. The summed E-state index contributed by atoms with van der Waals surface area (Å²) in [5, 5.41) is 0.484. The van der Waals surface area contributed by atoms with Crippen LogP contribution in [0.1, 0.15) is 28.6 Å². The molecule has 140 valence electrons. The van der Waals surface area contributed by atoms with Crippen LogP contribution in [0, 0.1) is 0 Å². The van der Waals surface area contributed by atoms with Crippen LogP contribution in [0.15, 0.2) is 42.9 Å². The van der Waals surface area contributed by atoms with Gasteiger partial charge in [0.15, 0.2) is 0 Å². The lowest BCUT2D eigenvalue weighted by atomic mass is 9.96. The third-order valence-electron chi connectivity index (χ3n) is 4.95. The lowest BCUT2D eigenvalue weighted by molar-refractivity contribution is 0.197. The molecule has 4 rings (SSSR count). The molecular formula is C20H21ClN4O2. The maximum atomic E-state index is 5.99. The van der Waals surface area contributed by atoms with Gasteiger partial charge >= 0.3 is 0 Å². The molecule has 3 heterocycles. The van der Waals surface area contributed by atoms with Crippen molar-refractivity contribution in [2.24, 2.45) is 0 Å². The third-order valence-corrected chi connectivity index (χ3v) is 5.18. The molecule has 1 aromatic carbocycles. The molecular weight excluding hydrogens is 364 g/mol. The Morgan fingerprint density at radius 2 is 2.07 bits per heavy atom. The van der Waals surface area contributed by atoms with Gasteiger partial charge in [-0.25, -0.2) is 9.97 Å². The van der Waals surface area contributed by atoms with Crippen molar-refractivity contribution < 1.29 is 9.47 Å². The molecule has 2 aromatic heterocycles. The zero-order valence-electron chi connectivity index (χ0n) is 15.3. The number of H-pyrrole nitrogens is 1. The lowest BCUT2D eigenvalue weighted by Crippen LogP contribution is -2.36. The van der Waals surface area contributed by atoms with E-state index in [1.807, 2.05) is 36.5 Å². The van der Waals surface area contributed by atoms with E-state index >= 15 is 0 Å². The minimum Gasteiger partial charge on any atom is -0.497 e. The van der Waals surface area contributed by atoms with Gasteiger partial charge in [0.2, 0.25) is 0 Å². The summed E-state index contributed by atoms with van der Waals surface area (Å²) >= 11 is 5.99. The molecule has 0 unspecified atom stereocenters. The average molecular weight is 385 g/mol. The van der Waals surface area contributed by atoms with Crippen LogP contribution in [0.25, 0.3) is 0 Å². The number of aromatic amines is 1. The smallest absolute Gasteiger partial charge is 0.129 e. The number of hydrogen-bond acceptors (Lipinski definition) is 5. The minimum absolute atomic E-state index is 0.000624. The summed E-state index contributed by atoms with van der Waals surface area (Å²) in [7, 11) is 3.36. The van der Waals surface area contributed by atoms with Gasteiger partial charge in [0.05, 0.1) is 32.3 Å². The summed E-state index contributed by atoms with van der Waals surface area (Å²) in [5.74, 6) is 1.66. The van der Waals surface area contributed by atoms with Gasteiger partial charge in [0.1, 0.15) is 16.7 Å². The molecule has 0 saturated heterocycles. The lowest BCUT2D eigenvalue weighted by Gasteiger charge is -2.35. The van der Waals surface area contributed by atoms with Crippen molar-refractivity contribution in [2.45, 2.75) is 19.0 Å². The molecule has 0 aliphatic carbocycles. The van der Waals surface area contributed by atoms with E-state index in [9.17, 15) is 0 Å². The van der Waals surface area contributed by atoms with Gasteiger partial charge in [-0.2, -0.15) is 0 Å². The van der Waals surface area contributed by atoms with Crippen molar-refractivity contribution in [1.29, 1.82) is 0 Å². The van der Waals surface area contributed by atoms with Crippen LogP contribution in [0.2, 0.25) is 5.15 Å². The molecule has 6 nitrogen and oxygen atoms in total. The van der Waals surface area contributed by atoms with E-state index in [0.717, 1.165) is 41.3 Å². The predicted molar refractivity (Wildman–Crippen MR) is 103 cm³/mol. The Balaban J connectivity index is 1.72. The number of rotatable bonds is 5. The molecule has 3 aromatic rings. The number of methoxy groups -OCH3 is 2. The van der Waals surface area contributed by atoms with Gasteiger partial charge in [0.25, 0.3) is 0 Å². The molecule has 1 atom stereocenters. The quantitative estimate of drug-likeness (QED) is 0.680. The van der Waals surface area contributed by atoms with E-state index in [2.05, 4.69) is 19.9 Å². The van der Waals surface area contributed by atoms with Crippen LogP contribution in [-0.4, -0.2) is 40.6 Å². The molecule has 1 aliphatic heterocycles. The summed E-state index contributed by atoms with van der Waals surface area (Å²) in [6.45, 7) is 1.60. The summed E-state index contributed by atoms with van der Waals surface area (Å²) < 4.78 is 11.0. The van der Waals surface area contributed by atoms with Gasteiger partial charge < -0.3 is 14.5 Å².